The van der Waals surface area contributed by atoms with Crippen molar-refractivity contribution in [1.82, 2.24) is 16.0 Å². The van der Waals surface area contributed by atoms with Crippen LogP contribution < -0.4 is 27.4 Å². The van der Waals surface area contributed by atoms with E-state index >= 15 is 0 Å². The van der Waals surface area contributed by atoms with Gasteiger partial charge in [0, 0.05) is 26.7 Å². The maximum Gasteiger partial charge on any atom is 0.404 e. The third kappa shape index (κ3) is 12.4. The Kier molecular flexibility index (Phi) is 19.0. The second-order valence-electron chi connectivity index (χ2n) is 18.5. The van der Waals surface area contributed by atoms with Crippen LogP contribution in [0.25, 0.3) is 0 Å². The Balaban J connectivity index is 1.30. The minimum atomic E-state index is -2.62. The summed E-state index contributed by atoms with van der Waals surface area (Å²) in [7, 11) is 0. The largest absolute Gasteiger partial charge is 0.510 e. The van der Waals surface area contributed by atoms with E-state index in [0.717, 1.165) is 20.8 Å². The lowest BCUT2D eigenvalue weighted by Crippen LogP contribution is -2.72. The number of Topliss-reactive ketones (excluding diaryl/α,β-unsaturated/α-hetero) is 1. The van der Waals surface area contributed by atoms with E-state index in [9.17, 15) is 90.0 Å². The molecular weight excluding hydrogens is 1010 g/mol. The number of hydrogen-bond acceptors (Lipinski definition) is 28. The van der Waals surface area contributed by atoms with Gasteiger partial charge in [0.1, 0.15) is 102 Å². The molecule has 0 aromatic carbocycles. The van der Waals surface area contributed by atoms with E-state index in [-0.39, 0.29) is 12.8 Å². The number of aliphatic hydroxyl groups excluding tert-OH is 11. The second-order valence-corrected chi connectivity index (χ2v) is 18.5. The molecule has 0 bridgehead atoms. The minimum absolute atomic E-state index is 0.0926. The minimum Gasteiger partial charge on any atom is -0.510 e. The number of allylic oxidation sites excluding steroid dienone is 2. The molecule has 19 N–H and O–H groups in total. The molecule has 1 aliphatic carbocycles. The molecule has 0 aromatic rings. The summed E-state index contributed by atoms with van der Waals surface area (Å²) in [6, 6.07) is -3.65. The Morgan fingerprint density at radius 1 is 0.676 bits per heavy atom. The average Bonchev–Trinajstić information content (AvgIpc) is 3.63. The molecule has 6 rings (SSSR count). The number of aliphatic hydroxyl groups is 12. The summed E-state index contributed by atoms with van der Waals surface area (Å²) in [6.45, 7) is 2.31. The van der Waals surface area contributed by atoms with Gasteiger partial charge in [-0.15, -0.1) is 0 Å². The third-order valence-corrected chi connectivity index (χ3v) is 13.1. The van der Waals surface area contributed by atoms with Crippen molar-refractivity contribution in [2.75, 3.05) is 13.2 Å². The molecule has 0 saturated carbocycles. The second kappa shape index (κ2) is 23.8. The summed E-state index contributed by atoms with van der Waals surface area (Å²) in [5.74, 6) is -5.46. The van der Waals surface area contributed by atoms with Gasteiger partial charge in [-0.1, -0.05) is 0 Å². The normalized spacial score (nSPS) is 44.8. The first kappa shape index (κ1) is 58.8. The molecule has 420 valence electrons. The summed E-state index contributed by atoms with van der Waals surface area (Å²) >= 11 is 0. The Hall–Kier alpha value is -4.44. The highest BCUT2D eigenvalue weighted by Gasteiger charge is 2.61. The van der Waals surface area contributed by atoms with Crippen LogP contribution in [-0.4, -0.2) is 263 Å². The number of ether oxygens (including phenoxy) is 10. The summed E-state index contributed by atoms with van der Waals surface area (Å²) in [6.07, 6.45) is -45.4. The van der Waals surface area contributed by atoms with Crippen molar-refractivity contribution in [1.29, 1.82) is 0 Å². The summed E-state index contributed by atoms with van der Waals surface area (Å²) in [4.78, 5) is 75.3. The molecule has 5 amide bonds. The Labute approximate surface area is 418 Å². The van der Waals surface area contributed by atoms with Crippen LogP contribution in [0.2, 0.25) is 0 Å². The Bertz CT molecular complexity index is 2090. The first-order chi connectivity index (χ1) is 34.6. The van der Waals surface area contributed by atoms with Gasteiger partial charge >= 0.3 is 6.09 Å². The van der Waals surface area contributed by atoms with Crippen LogP contribution >= 0.6 is 0 Å². The molecule has 5 aliphatic heterocycles. The average molecular weight is 1070 g/mol. The molecule has 33 nitrogen and oxygen atoms in total. The number of nitrogens with one attached hydrogen (secondary N) is 3. The number of amides is 5. The fourth-order valence-electron chi connectivity index (χ4n) is 9.25. The van der Waals surface area contributed by atoms with Crippen LogP contribution in [0.4, 0.5) is 4.79 Å². The van der Waals surface area contributed by atoms with Gasteiger partial charge < -0.3 is 136 Å². The van der Waals surface area contributed by atoms with Gasteiger partial charge in [0.15, 0.2) is 61.6 Å². The molecule has 6 aliphatic rings. The molecule has 5 saturated heterocycles. The number of rotatable bonds is 16. The van der Waals surface area contributed by atoms with Crippen molar-refractivity contribution in [3.63, 3.8) is 0 Å². The molecule has 0 aromatic heterocycles. The van der Waals surface area contributed by atoms with E-state index in [1.165, 1.54) is 6.92 Å². The van der Waals surface area contributed by atoms with Crippen molar-refractivity contribution < 1.29 is 137 Å². The first-order valence-corrected chi connectivity index (χ1v) is 23.0. The number of ketones is 1. The standard InChI is InChI=1S/C41H63N5O28/c1-9-27(69-39-26(59)23(56)24(57)29(71-39)34(61)46-16-12(50)5-6-13(16)51)20(53)17(44-10(2)48)36(66-9)70-28-15(8-65-38-25(58)22(55)19(52)14(7-47)67-38)68-37(18(21(28)54)45-11(3)49)72-30-31(74-40(43)63)41(4,64)32(33(42)60)73-35(30)62/h9,14-15,17-32,35-39,47,50,52-59,62,64H,5-8H2,1-4H3,(H2,42,60)(H2,43,63)(H,44,48)(H,45,49)(H,46,61)/t9?,14?,15?,17-,18-,19?,20-,21?,22+,23?,24+,25-,26-,27?,28+,29?,30?,31+,32?,35-,36-,37-,38+,39+,41-/m0/s1. The number of primary amides is 2. The van der Waals surface area contributed by atoms with Crippen LogP contribution in [0.15, 0.2) is 11.5 Å². The highest BCUT2D eigenvalue weighted by Crippen LogP contribution is 2.38. The maximum atomic E-state index is 13.2. The van der Waals surface area contributed by atoms with E-state index in [2.05, 4.69) is 16.0 Å². The molecule has 25 atom stereocenters. The highest BCUT2D eigenvalue weighted by molar-refractivity contribution is 6.02. The Morgan fingerprint density at radius 3 is 1.77 bits per heavy atom. The zero-order chi connectivity index (χ0) is 55.0. The predicted molar refractivity (Wildman–Crippen MR) is 228 cm³/mol. The SMILES string of the molecule is CC(=O)N[C@@H]1[C@H](O[C@@H]2C(CO[C@@H]3OC(CO)C(O)[C@@H](O)[C@@H]3O)O[C@@H](OC3[C@@H](OC(N)=O)[C@](C)(O)C(C(N)=O)O[C@@H]3O)[C@@H](NC(C)=O)C2O)OC(C)C(O[C@@H]2OC(C(=O)NC3=C(O)CCC3=O)[C@H](O)C(O)[C@@H]2O)[C@H]1O. The van der Waals surface area contributed by atoms with Crippen molar-refractivity contribution in [2.45, 2.75) is 193 Å². The van der Waals surface area contributed by atoms with E-state index in [1.807, 2.05) is 0 Å². The highest BCUT2D eigenvalue weighted by atomic mass is 16.8. The molecule has 5 heterocycles. The van der Waals surface area contributed by atoms with Crippen molar-refractivity contribution >= 4 is 35.5 Å². The van der Waals surface area contributed by atoms with Crippen LogP contribution in [0.3, 0.4) is 0 Å². The van der Waals surface area contributed by atoms with Crippen LogP contribution in [0, 0.1) is 0 Å². The lowest BCUT2D eigenvalue weighted by Gasteiger charge is -2.51. The van der Waals surface area contributed by atoms with Gasteiger partial charge in [0.25, 0.3) is 5.91 Å². The van der Waals surface area contributed by atoms with Crippen molar-refractivity contribution in [3.8, 4) is 0 Å². The lowest BCUT2D eigenvalue weighted by atomic mass is 9.85. The number of carbonyl (C=O) groups is 6. The molecular formula is C41H63N5O28. The molecule has 74 heavy (non-hydrogen) atoms. The third-order valence-electron chi connectivity index (χ3n) is 13.1. The van der Waals surface area contributed by atoms with Gasteiger partial charge in [0.2, 0.25) is 17.7 Å². The van der Waals surface area contributed by atoms with Crippen molar-refractivity contribution in [2.24, 2.45) is 11.5 Å². The van der Waals surface area contributed by atoms with E-state index in [1.54, 1.807) is 0 Å². The van der Waals surface area contributed by atoms with Crippen LogP contribution in [0.5, 0.6) is 0 Å². The number of hydrogen-bond donors (Lipinski definition) is 17. The predicted octanol–water partition coefficient (Wildman–Crippen LogP) is -10.4. The quantitative estimate of drug-likeness (QED) is 0.0682. The van der Waals surface area contributed by atoms with Gasteiger partial charge in [-0.25, -0.2) is 4.79 Å². The van der Waals surface area contributed by atoms with Crippen LogP contribution in [-0.2, 0) is 71.3 Å². The fraction of sp³-hybridized carbons (Fsp3) is 0.805. The van der Waals surface area contributed by atoms with E-state index < -0.39 is 213 Å². The zero-order valence-electron chi connectivity index (χ0n) is 39.7. The molecule has 5 fully saturated rings. The molecule has 33 heteroatoms. The smallest absolute Gasteiger partial charge is 0.404 e. The monoisotopic (exact) mass is 1070 g/mol. The summed E-state index contributed by atoms with van der Waals surface area (Å²) < 4.78 is 57.2. The van der Waals surface area contributed by atoms with Gasteiger partial charge in [-0.2, -0.15) is 0 Å². The van der Waals surface area contributed by atoms with Gasteiger partial charge in [-0.05, 0) is 13.8 Å². The van der Waals surface area contributed by atoms with Gasteiger partial charge in [-0.3, -0.25) is 24.0 Å². The van der Waals surface area contributed by atoms with E-state index in [0.29, 0.717) is 0 Å². The van der Waals surface area contributed by atoms with Gasteiger partial charge in [0.05, 0.1) is 19.3 Å². The number of carbonyl (C=O) groups excluding carboxylic acids is 6. The topological polar surface area (TPSA) is 526 Å². The molecule has 0 spiro atoms. The van der Waals surface area contributed by atoms with Crippen LogP contribution in [0.1, 0.15) is 40.5 Å². The fourth-order valence-corrected chi connectivity index (χ4v) is 9.25. The lowest BCUT2D eigenvalue weighted by molar-refractivity contribution is -0.376. The first-order valence-electron chi connectivity index (χ1n) is 23.0. The molecule has 0 radical (unpaired) electrons. The number of nitrogens with two attached hydrogens (primary N) is 2. The zero-order valence-corrected chi connectivity index (χ0v) is 39.7. The maximum absolute atomic E-state index is 13.2. The molecule has 10 unspecified atom stereocenters. The summed E-state index contributed by atoms with van der Waals surface area (Å²) in [5, 5.41) is 137. The van der Waals surface area contributed by atoms with E-state index in [4.69, 9.17) is 58.8 Å². The Morgan fingerprint density at radius 2 is 1.22 bits per heavy atom. The van der Waals surface area contributed by atoms with Crippen molar-refractivity contribution in [3.05, 3.63) is 11.5 Å². The summed E-state index contributed by atoms with van der Waals surface area (Å²) in [5.41, 5.74) is 7.51.